The van der Waals surface area contributed by atoms with Crippen LogP contribution >= 0.6 is 0 Å². The number of carbonyl (C=O) groups excluding carboxylic acids is 1. The van der Waals surface area contributed by atoms with Gasteiger partial charge in [0.15, 0.2) is 5.58 Å². The highest BCUT2D eigenvalue weighted by Crippen LogP contribution is 2.31. The maximum atomic E-state index is 12.7. The molecule has 0 bridgehead atoms. The Morgan fingerprint density at radius 2 is 1.89 bits per heavy atom. The van der Waals surface area contributed by atoms with Crippen molar-refractivity contribution < 1.29 is 32.6 Å². The lowest BCUT2D eigenvalue weighted by atomic mass is 10.1. The number of hydrogen-bond donors (Lipinski definition) is 2. The molecule has 0 aliphatic carbocycles. The van der Waals surface area contributed by atoms with Gasteiger partial charge >= 0.3 is 6.18 Å². The van der Waals surface area contributed by atoms with E-state index in [0.717, 1.165) is 12.1 Å². The smallest absolute Gasteiger partial charge is 0.416 e. The maximum Gasteiger partial charge on any atom is 0.416 e. The minimum Gasteiger partial charge on any atom is -0.436 e. The Morgan fingerprint density at radius 1 is 1.21 bits per heavy atom. The van der Waals surface area contributed by atoms with Crippen LogP contribution in [0.25, 0.3) is 22.6 Å². The molecule has 0 saturated carbocycles. The van der Waals surface area contributed by atoms with Crippen molar-refractivity contribution >= 4 is 17.0 Å². The van der Waals surface area contributed by atoms with Crippen molar-refractivity contribution in [3.63, 3.8) is 0 Å². The summed E-state index contributed by atoms with van der Waals surface area (Å²) in [4.78, 5) is 17.9. The summed E-state index contributed by atoms with van der Waals surface area (Å²) in [5.74, 6) is -0.245. The third-order valence-electron chi connectivity index (χ3n) is 4.14. The average Bonchev–Trinajstić information content (AvgIpc) is 3.09. The van der Waals surface area contributed by atoms with E-state index < -0.39 is 24.5 Å². The lowest BCUT2D eigenvalue weighted by Crippen LogP contribution is -2.35. The Morgan fingerprint density at radius 3 is 2.50 bits per heavy atom. The predicted octanol–water partition coefficient (Wildman–Crippen LogP) is 2.94. The number of aromatic nitrogens is 1. The Bertz CT molecular complexity index is 983. The van der Waals surface area contributed by atoms with E-state index in [9.17, 15) is 23.1 Å². The summed E-state index contributed by atoms with van der Waals surface area (Å²) in [5.41, 5.74) is 0.655. The van der Waals surface area contributed by atoms with Crippen molar-refractivity contribution in [1.82, 2.24) is 9.88 Å². The van der Waals surface area contributed by atoms with Crippen LogP contribution in [0.15, 0.2) is 46.9 Å². The molecule has 28 heavy (non-hydrogen) atoms. The standard InChI is InChI=1S/C19H17F3N2O4/c1-24(9-14(26)10-25)18(27)12-4-7-16-15(8-12)23-17(28-16)11-2-5-13(6-3-11)19(20,21)22/h2-8,14,25-26H,9-10H2,1H3/t14-/m0/s1. The SMILES string of the molecule is CN(C[C@H](O)CO)C(=O)c1ccc2oc(-c3ccc(C(F)(F)F)cc3)nc2c1. The molecule has 0 radical (unpaired) electrons. The number of carbonyl (C=O) groups is 1. The normalized spacial score (nSPS) is 12.9. The first kappa shape index (κ1) is 19.8. The molecular weight excluding hydrogens is 377 g/mol. The number of rotatable bonds is 5. The monoisotopic (exact) mass is 394 g/mol. The van der Waals surface area contributed by atoms with E-state index >= 15 is 0 Å². The first-order valence-electron chi connectivity index (χ1n) is 8.31. The average molecular weight is 394 g/mol. The number of halogens is 3. The molecule has 2 N–H and O–H groups in total. The van der Waals surface area contributed by atoms with E-state index in [1.807, 2.05) is 0 Å². The molecule has 0 fully saturated rings. The lowest BCUT2D eigenvalue weighted by molar-refractivity contribution is -0.137. The van der Waals surface area contributed by atoms with Crippen molar-refractivity contribution in [2.45, 2.75) is 12.3 Å². The largest absolute Gasteiger partial charge is 0.436 e. The van der Waals surface area contributed by atoms with Gasteiger partial charge in [-0.3, -0.25) is 4.79 Å². The Labute approximate surface area is 157 Å². The van der Waals surface area contributed by atoms with Crippen molar-refractivity contribution in [3.8, 4) is 11.5 Å². The first-order chi connectivity index (χ1) is 13.2. The zero-order valence-corrected chi connectivity index (χ0v) is 14.8. The second-order valence-electron chi connectivity index (χ2n) is 6.30. The summed E-state index contributed by atoms with van der Waals surface area (Å²) >= 11 is 0. The number of aliphatic hydroxyl groups excluding tert-OH is 2. The number of hydrogen-bond acceptors (Lipinski definition) is 5. The summed E-state index contributed by atoms with van der Waals surface area (Å²) in [7, 11) is 1.49. The number of alkyl halides is 3. The topological polar surface area (TPSA) is 86.8 Å². The molecule has 148 valence electrons. The molecule has 1 heterocycles. The zero-order valence-electron chi connectivity index (χ0n) is 14.8. The molecule has 3 rings (SSSR count). The number of amides is 1. The summed E-state index contributed by atoms with van der Waals surface area (Å²) < 4.78 is 43.6. The van der Waals surface area contributed by atoms with Crippen molar-refractivity contribution in [2.75, 3.05) is 20.2 Å². The van der Waals surface area contributed by atoms with Crippen LogP contribution in [0.2, 0.25) is 0 Å². The summed E-state index contributed by atoms with van der Waals surface area (Å²) in [6.07, 6.45) is -5.47. The highest BCUT2D eigenvalue weighted by Gasteiger charge is 2.30. The van der Waals surface area contributed by atoms with E-state index in [2.05, 4.69) is 4.98 Å². The molecule has 0 saturated heterocycles. The van der Waals surface area contributed by atoms with E-state index in [-0.39, 0.29) is 18.3 Å². The van der Waals surface area contributed by atoms with Crippen LogP contribution in [0.1, 0.15) is 15.9 Å². The number of likely N-dealkylation sites (N-methyl/N-ethyl adjacent to an activating group) is 1. The molecule has 0 aliphatic heterocycles. The Kier molecular flexibility index (Phi) is 5.39. The molecule has 0 spiro atoms. The van der Waals surface area contributed by atoms with Gasteiger partial charge in [-0.05, 0) is 42.5 Å². The minimum atomic E-state index is -4.43. The maximum absolute atomic E-state index is 12.7. The van der Waals surface area contributed by atoms with Gasteiger partial charge in [-0.25, -0.2) is 4.98 Å². The number of benzene rings is 2. The van der Waals surface area contributed by atoms with E-state index in [1.165, 1.54) is 36.2 Å². The number of oxazole rings is 1. The van der Waals surface area contributed by atoms with E-state index in [4.69, 9.17) is 9.52 Å². The van der Waals surface area contributed by atoms with Crippen LogP contribution in [0, 0.1) is 0 Å². The molecule has 1 atom stereocenters. The molecule has 9 heteroatoms. The number of fused-ring (bicyclic) bond motifs is 1. The van der Waals surface area contributed by atoms with Gasteiger partial charge < -0.3 is 19.5 Å². The number of nitrogens with zero attached hydrogens (tertiary/aromatic N) is 2. The summed E-state index contributed by atoms with van der Waals surface area (Å²) in [5, 5.41) is 18.3. The van der Waals surface area contributed by atoms with Gasteiger partial charge in [0.1, 0.15) is 5.52 Å². The zero-order chi connectivity index (χ0) is 20.5. The molecule has 2 aromatic carbocycles. The van der Waals surface area contributed by atoms with Crippen LogP contribution in [0.4, 0.5) is 13.2 Å². The van der Waals surface area contributed by atoms with E-state index in [0.29, 0.717) is 22.2 Å². The van der Waals surface area contributed by atoms with Gasteiger partial charge in [0, 0.05) is 24.7 Å². The fourth-order valence-corrected chi connectivity index (χ4v) is 2.66. The van der Waals surface area contributed by atoms with Crippen LogP contribution in [-0.2, 0) is 6.18 Å². The van der Waals surface area contributed by atoms with Crippen molar-refractivity contribution in [2.24, 2.45) is 0 Å². The third-order valence-corrected chi connectivity index (χ3v) is 4.14. The fraction of sp³-hybridized carbons (Fsp3) is 0.263. The fourth-order valence-electron chi connectivity index (χ4n) is 2.66. The van der Waals surface area contributed by atoms with E-state index in [1.54, 1.807) is 6.07 Å². The Hall–Kier alpha value is -2.91. The van der Waals surface area contributed by atoms with Gasteiger partial charge in [-0.2, -0.15) is 13.2 Å². The van der Waals surface area contributed by atoms with Crippen molar-refractivity contribution in [1.29, 1.82) is 0 Å². The minimum absolute atomic E-state index is 0.0387. The number of aliphatic hydroxyl groups is 2. The second-order valence-corrected chi connectivity index (χ2v) is 6.30. The molecule has 3 aromatic rings. The second kappa shape index (κ2) is 7.61. The van der Waals surface area contributed by atoms with Gasteiger partial charge in [0.25, 0.3) is 5.91 Å². The summed E-state index contributed by atoms with van der Waals surface area (Å²) in [6.45, 7) is -0.501. The highest BCUT2D eigenvalue weighted by atomic mass is 19.4. The molecular formula is C19H17F3N2O4. The van der Waals surface area contributed by atoms with Crippen molar-refractivity contribution in [3.05, 3.63) is 53.6 Å². The Balaban J connectivity index is 1.86. The predicted molar refractivity (Wildman–Crippen MR) is 94.5 cm³/mol. The molecule has 0 aliphatic rings. The quantitative estimate of drug-likeness (QED) is 0.695. The van der Waals surface area contributed by atoms with Crippen LogP contribution in [0.3, 0.4) is 0 Å². The lowest BCUT2D eigenvalue weighted by Gasteiger charge is -2.19. The van der Waals surface area contributed by atoms with Crippen LogP contribution in [-0.4, -0.2) is 52.3 Å². The molecule has 6 nitrogen and oxygen atoms in total. The highest BCUT2D eigenvalue weighted by molar-refractivity contribution is 5.97. The van der Waals surface area contributed by atoms with Crippen LogP contribution < -0.4 is 0 Å². The van der Waals surface area contributed by atoms with Gasteiger partial charge in [-0.1, -0.05) is 0 Å². The van der Waals surface area contributed by atoms with Crippen LogP contribution in [0.5, 0.6) is 0 Å². The molecule has 0 unspecified atom stereocenters. The van der Waals surface area contributed by atoms with Gasteiger partial charge in [0.2, 0.25) is 5.89 Å². The first-order valence-corrected chi connectivity index (χ1v) is 8.31. The third kappa shape index (κ3) is 4.15. The molecule has 1 aromatic heterocycles. The van der Waals surface area contributed by atoms with Gasteiger partial charge in [-0.15, -0.1) is 0 Å². The van der Waals surface area contributed by atoms with Gasteiger partial charge in [0.05, 0.1) is 18.3 Å². The summed E-state index contributed by atoms with van der Waals surface area (Å²) in [6, 6.07) is 8.98. The molecule has 1 amide bonds.